The average Bonchev–Trinajstić information content (AvgIpc) is 3.04. The lowest BCUT2D eigenvalue weighted by molar-refractivity contribution is 0.321. The lowest BCUT2D eigenvalue weighted by Crippen LogP contribution is -1.97. The van der Waals surface area contributed by atoms with Crippen molar-refractivity contribution in [3.63, 3.8) is 0 Å². The molecule has 3 aromatic rings. The minimum atomic E-state index is 0.766. The molecule has 0 spiro atoms. The Bertz CT molecular complexity index is 716. The molecule has 0 radical (unpaired) electrons. The Balaban J connectivity index is 1.92. The summed E-state index contributed by atoms with van der Waals surface area (Å²) in [6, 6.07) is 10.6. The molecule has 0 atom stereocenters. The van der Waals surface area contributed by atoms with Crippen LogP contribution < -0.4 is 4.74 Å². The first-order chi connectivity index (χ1) is 9.78. The van der Waals surface area contributed by atoms with Gasteiger partial charge in [0.1, 0.15) is 5.75 Å². The highest BCUT2D eigenvalue weighted by atomic mass is 79.9. The van der Waals surface area contributed by atoms with E-state index in [2.05, 4.69) is 63.3 Å². The topological polar surface area (TPSA) is 14.2 Å². The predicted octanol–water partition coefficient (Wildman–Crippen LogP) is 5.30. The van der Waals surface area contributed by atoms with Gasteiger partial charge in [0.2, 0.25) is 0 Å². The highest BCUT2D eigenvalue weighted by Crippen LogP contribution is 2.28. The second-order valence-electron chi connectivity index (χ2n) is 4.71. The Hall–Kier alpha value is -1.26. The van der Waals surface area contributed by atoms with E-state index < -0.39 is 0 Å². The summed E-state index contributed by atoms with van der Waals surface area (Å²) in [5.74, 6) is 0.982. The van der Waals surface area contributed by atoms with E-state index in [4.69, 9.17) is 4.74 Å². The number of benzene rings is 1. The van der Waals surface area contributed by atoms with Crippen molar-refractivity contribution in [2.45, 2.75) is 19.9 Å². The fourth-order valence-corrected chi connectivity index (χ4v) is 3.72. The van der Waals surface area contributed by atoms with Gasteiger partial charge < -0.3 is 9.30 Å². The molecule has 2 heterocycles. The van der Waals surface area contributed by atoms with Crippen molar-refractivity contribution in [2.24, 2.45) is 0 Å². The molecule has 0 bridgehead atoms. The van der Waals surface area contributed by atoms with Crippen LogP contribution in [-0.4, -0.2) is 11.2 Å². The summed E-state index contributed by atoms with van der Waals surface area (Å²) in [4.78, 5) is 1.34. The maximum atomic E-state index is 5.82. The SMILES string of the molecule is CCCOc1cccc2c1ccn2Cc1cc(Br)cs1. The lowest BCUT2D eigenvalue weighted by atomic mass is 10.2. The third-order valence-corrected chi connectivity index (χ3v) is 4.87. The van der Waals surface area contributed by atoms with E-state index >= 15 is 0 Å². The maximum Gasteiger partial charge on any atom is 0.128 e. The molecular formula is C16H16BrNOS. The van der Waals surface area contributed by atoms with Crippen molar-refractivity contribution < 1.29 is 4.74 Å². The Labute approximate surface area is 131 Å². The van der Waals surface area contributed by atoms with Crippen LogP contribution in [0.5, 0.6) is 5.75 Å². The molecular weight excluding hydrogens is 334 g/mol. The summed E-state index contributed by atoms with van der Waals surface area (Å²) in [7, 11) is 0. The number of halogens is 1. The molecule has 0 aliphatic carbocycles. The van der Waals surface area contributed by atoms with Crippen molar-refractivity contribution in [1.82, 2.24) is 4.57 Å². The third kappa shape index (κ3) is 2.76. The van der Waals surface area contributed by atoms with E-state index in [1.165, 1.54) is 15.8 Å². The van der Waals surface area contributed by atoms with Gasteiger partial charge in [-0.2, -0.15) is 0 Å². The number of fused-ring (bicyclic) bond motifs is 1. The molecule has 0 aliphatic rings. The van der Waals surface area contributed by atoms with E-state index in [-0.39, 0.29) is 0 Å². The molecule has 0 fully saturated rings. The van der Waals surface area contributed by atoms with Crippen molar-refractivity contribution >= 4 is 38.2 Å². The van der Waals surface area contributed by atoms with Gasteiger partial charge in [-0.15, -0.1) is 11.3 Å². The molecule has 0 amide bonds. The second kappa shape index (κ2) is 6.02. The first-order valence-corrected chi connectivity index (χ1v) is 8.39. The number of hydrogen-bond acceptors (Lipinski definition) is 2. The van der Waals surface area contributed by atoms with Crippen LogP contribution in [0.3, 0.4) is 0 Å². The van der Waals surface area contributed by atoms with E-state index in [1.807, 2.05) is 6.07 Å². The molecule has 4 heteroatoms. The molecule has 0 unspecified atom stereocenters. The van der Waals surface area contributed by atoms with Gasteiger partial charge in [-0.05, 0) is 46.6 Å². The highest BCUT2D eigenvalue weighted by Gasteiger charge is 2.07. The smallest absolute Gasteiger partial charge is 0.128 e. The van der Waals surface area contributed by atoms with Gasteiger partial charge in [0.15, 0.2) is 0 Å². The summed E-state index contributed by atoms with van der Waals surface area (Å²) < 4.78 is 9.24. The van der Waals surface area contributed by atoms with Gasteiger partial charge in [0.05, 0.1) is 18.7 Å². The Kier molecular flexibility index (Phi) is 4.13. The van der Waals surface area contributed by atoms with Gasteiger partial charge >= 0.3 is 0 Å². The van der Waals surface area contributed by atoms with Crippen molar-refractivity contribution in [3.05, 3.63) is 51.3 Å². The first-order valence-electron chi connectivity index (χ1n) is 6.71. The summed E-state index contributed by atoms with van der Waals surface area (Å²) >= 11 is 5.28. The maximum absolute atomic E-state index is 5.82. The largest absolute Gasteiger partial charge is 0.493 e. The van der Waals surface area contributed by atoms with Crippen LogP contribution in [0.15, 0.2) is 46.4 Å². The van der Waals surface area contributed by atoms with E-state index in [9.17, 15) is 0 Å². The van der Waals surface area contributed by atoms with Crippen LogP contribution in [-0.2, 0) is 6.54 Å². The Morgan fingerprint density at radius 1 is 1.30 bits per heavy atom. The van der Waals surface area contributed by atoms with Crippen molar-refractivity contribution in [3.8, 4) is 5.75 Å². The standard InChI is InChI=1S/C16H16BrNOS/c1-2-8-19-16-5-3-4-15-14(16)6-7-18(15)10-13-9-12(17)11-20-13/h3-7,9,11H,2,8,10H2,1H3. The first kappa shape index (κ1) is 13.7. The molecule has 3 rings (SSSR count). The Morgan fingerprint density at radius 2 is 2.20 bits per heavy atom. The van der Waals surface area contributed by atoms with Gasteiger partial charge in [0, 0.05) is 26.3 Å². The van der Waals surface area contributed by atoms with Crippen LogP contribution in [0, 0.1) is 0 Å². The Morgan fingerprint density at radius 3 is 2.95 bits per heavy atom. The van der Waals surface area contributed by atoms with Crippen molar-refractivity contribution in [1.29, 1.82) is 0 Å². The predicted molar refractivity (Wildman–Crippen MR) is 88.8 cm³/mol. The molecule has 0 aliphatic heterocycles. The van der Waals surface area contributed by atoms with Crippen LogP contribution >= 0.6 is 27.3 Å². The summed E-state index contributed by atoms with van der Waals surface area (Å²) in [6.07, 6.45) is 3.16. The zero-order valence-corrected chi connectivity index (χ0v) is 13.7. The van der Waals surface area contributed by atoms with Gasteiger partial charge in [-0.3, -0.25) is 0 Å². The van der Waals surface area contributed by atoms with E-state index in [0.29, 0.717) is 0 Å². The molecule has 0 N–H and O–H groups in total. The quantitative estimate of drug-likeness (QED) is 0.609. The molecule has 0 saturated carbocycles. The number of thiophene rings is 1. The zero-order valence-electron chi connectivity index (χ0n) is 11.3. The monoisotopic (exact) mass is 349 g/mol. The molecule has 0 saturated heterocycles. The fraction of sp³-hybridized carbons (Fsp3) is 0.250. The van der Waals surface area contributed by atoms with Crippen molar-refractivity contribution in [2.75, 3.05) is 6.61 Å². The number of hydrogen-bond donors (Lipinski definition) is 0. The molecule has 104 valence electrons. The summed E-state index contributed by atoms with van der Waals surface area (Å²) in [6.45, 7) is 3.79. The van der Waals surface area contributed by atoms with E-state index in [0.717, 1.165) is 29.8 Å². The van der Waals surface area contributed by atoms with Crippen LogP contribution in [0.25, 0.3) is 10.9 Å². The number of ether oxygens (including phenoxy) is 1. The molecule has 2 nitrogen and oxygen atoms in total. The van der Waals surface area contributed by atoms with Crippen LogP contribution in [0.1, 0.15) is 18.2 Å². The summed E-state index contributed by atoms with van der Waals surface area (Å²) in [5, 5.41) is 3.31. The third-order valence-electron chi connectivity index (χ3n) is 3.18. The minimum absolute atomic E-state index is 0.766. The molecule has 1 aromatic carbocycles. The minimum Gasteiger partial charge on any atom is -0.493 e. The molecule has 20 heavy (non-hydrogen) atoms. The normalized spacial score (nSPS) is 11.1. The van der Waals surface area contributed by atoms with Gasteiger partial charge in [-0.1, -0.05) is 13.0 Å². The van der Waals surface area contributed by atoms with E-state index in [1.54, 1.807) is 11.3 Å². The second-order valence-corrected chi connectivity index (χ2v) is 6.62. The lowest BCUT2D eigenvalue weighted by Gasteiger charge is -2.07. The van der Waals surface area contributed by atoms with Gasteiger partial charge in [0.25, 0.3) is 0 Å². The zero-order chi connectivity index (χ0) is 13.9. The number of rotatable bonds is 5. The fourth-order valence-electron chi connectivity index (χ4n) is 2.28. The number of aromatic nitrogens is 1. The van der Waals surface area contributed by atoms with Crippen LogP contribution in [0.4, 0.5) is 0 Å². The highest BCUT2D eigenvalue weighted by molar-refractivity contribution is 9.10. The average molecular weight is 350 g/mol. The van der Waals surface area contributed by atoms with Gasteiger partial charge in [-0.25, -0.2) is 0 Å². The molecule has 2 aromatic heterocycles. The number of nitrogens with zero attached hydrogens (tertiary/aromatic N) is 1. The summed E-state index contributed by atoms with van der Waals surface area (Å²) in [5.41, 5.74) is 1.23. The van der Waals surface area contributed by atoms with Crippen LogP contribution in [0.2, 0.25) is 0 Å².